The van der Waals surface area contributed by atoms with Gasteiger partial charge in [0.1, 0.15) is 5.75 Å². The Morgan fingerprint density at radius 3 is 2.50 bits per heavy atom. The standard InChI is InChI=1S/C26H24N2O6/c1-15-11-18(7-9-20(15)33-2)24(30)22-23(17-6-8-19(29)21(12-17)34-3)28(26(32)25(22)31)14-16-5-4-10-27-13-16/h4-13,23,29-30H,14H2,1-3H3. The van der Waals surface area contributed by atoms with E-state index < -0.39 is 23.5 Å². The molecule has 8 heteroatoms. The van der Waals surface area contributed by atoms with Gasteiger partial charge in [0.2, 0.25) is 5.78 Å². The average Bonchev–Trinajstić information content (AvgIpc) is 3.09. The summed E-state index contributed by atoms with van der Waals surface area (Å²) in [6, 6.07) is 12.0. The highest BCUT2D eigenvalue weighted by atomic mass is 16.5. The third-order valence-corrected chi connectivity index (χ3v) is 5.83. The number of nitrogens with zero attached hydrogens (tertiary/aromatic N) is 1. The quantitative estimate of drug-likeness (QED) is 0.342. The topological polar surface area (TPSA) is 113 Å². The van der Waals surface area contributed by atoms with Crippen LogP contribution in [-0.4, -0.2) is 35.9 Å². The minimum Gasteiger partial charge on any atom is -0.872 e. The van der Waals surface area contributed by atoms with Gasteiger partial charge in [0.25, 0.3) is 5.91 Å². The first kappa shape index (κ1) is 22.8. The Hall–Kier alpha value is -4.33. The molecule has 0 bridgehead atoms. The van der Waals surface area contributed by atoms with Crippen molar-refractivity contribution in [1.29, 1.82) is 0 Å². The predicted molar refractivity (Wildman–Crippen MR) is 121 cm³/mol. The Morgan fingerprint density at radius 2 is 1.85 bits per heavy atom. The molecule has 34 heavy (non-hydrogen) atoms. The van der Waals surface area contributed by atoms with E-state index in [2.05, 4.69) is 4.98 Å². The normalized spacial score (nSPS) is 17.1. The van der Waals surface area contributed by atoms with Crippen LogP contribution in [0.3, 0.4) is 0 Å². The van der Waals surface area contributed by atoms with Crippen molar-refractivity contribution in [3.05, 3.63) is 88.8 Å². The van der Waals surface area contributed by atoms with E-state index in [1.165, 1.54) is 31.3 Å². The molecule has 1 fully saturated rings. The van der Waals surface area contributed by atoms with Gasteiger partial charge in [0.05, 0.1) is 26.8 Å². The number of nitrogens with one attached hydrogen (secondary N) is 1. The van der Waals surface area contributed by atoms with Crippen LogP contribution in [0.15, 0.2) is 66.5 Å². The molecular weight excluding hydrogens is 436 g/mol. The third-order valence-electron chi connectivity index (χ3n) is 5.83. The molecule has 0 radical (unpaired) electrons. The molecule has 1 aliphatic heterocycles. The number of aryl methyl sites for hydroxylation is 1. The van der Waals surface area contributed by atoms with Gasteiger partial charge >= 0.3 is 0 Å². The molecule has 8 nitrogen and oxygen atoms in total. The highest BCUT2D eigenvalue weighted by molar-refractivity contribution is 6.46. The van der Waals surface area contributed by atoms with Crippen molar-refractivity contribution in [3.8, 4) is 17.2 Å². The molecule has 1 atom stereocenters. The fourth-order valence-corrected chi connectivity index (χ4v) is 4.14. The number of hydrogen-bond donors (Lipinski definition) is 1. The van der Waals surface area contributed by atoms with E-state index in [0.29, 0.717) is 11.3 Å². The number of amides is 1. The highest BCUT2D eigenvalue weighted by Crippen LogP contribution is 2.42. The van der Waals surface area contributed by atoms with Crippen LogP contribution >= 0.6 is 0 Å². The maximum absolute atomic E-state index is 13.6. The molecule has 0 spiro atoms. The number of phenolic OH excluding ortho intramolecular Hbond substituents is 1. The molecular formula is C26H24N2O6. The number of methoxy groups -OCH3 is 2. The summed E-state index contributed by atoms with van der Waals surface area (Å²) in [5, 5.41) is 23.6. The number of phenols is 1. The maximum Gasteiger partial charge on any atom is 0.295 e. The summed E-state index contributed by atoms with van der Waals surface area (Å²) in [4.78, 5) is 30.6. The first-order valence-electron chi connectivity index (χ1n) is 10.6. The van der Waals surface area contributed by atoms with Crippen molar-refractivity contribution in [2.45, 2.75) is 19.5 Å². The van der Waals surface area contributed by atoms with Crippen molar-refractivity contribution in [2.75, 3.05) is 14.2 Å². The lowest BCUT2D eigenvalue weighted by molar-refractivity contribution is -0.378. The Balaban J connectivity index is 1.89. The van der Waals surface area contributed by atoms with Crippen molar-refractivity contribution in [3.63, 3.8) is 0 Å². The van der Waals surface area contributed by atoms with Crippen molar-refractivity contribution in [2.24, 2.45) is 0 Å². The minimum atomic E-state index is -0.954. The summed E-state index contributed by atoms with van der Waals surface area (Å²) in [5.41, 5.74) is 2.09. The molecule has 1 aromatic heterocycles. The molecule has 0 aliphatic carbocycles. The summed E-state index contributed by atoms with van der Waals surface area (Å²) in [6.45, 7) is 1.90. The lowest BCUT2D eigenvalue weighted by Gasteiger charge is -2.27. The molecule has 1 unspecified atom stereocenters. The van der Waals surface area contributed by atoms with Crippen LogP contribution in [0, 0.1) is 6.92 Å². The molecule has 3 aromatic rings. The predicted octanol–water partition coefficient (Wildman–Crippen LogP) is 1.96. The second kappa shape index (κ2) is 9.27. The van der Waals surface area contributed by atoms with Crippen LogP contribution in [0.2, 0.25) is 0 Å². The smallest absolute Gasteiger partial charge is 0.295 e. The van der Waals surface area contributed by atoms with Crippen LogP contribution < -0.4 is 19.6 Å². The number of aromatic amines is 1. The molecule has 1 aliphatic rings. The second-order valence-electron chi connectivity index (χ2n) is 7.93. The SMILES string of the molecule is COc1ccc(C([O-])=C2C(=O)C(=O)N(Cc3ccc[nH+]c3)C2c2ccc(O)c(OC)c2)cc1C. The third kappa shape index (κ3) is 4.05. The monoisotopic (exact) mass is 460 g/mol. The number of ketones is 1. The largest absolute Gasteiger partial charge is 0.872 e. The number of likely N-dealkylation sites (tertiary alicyclic amines) is 1. The maximum atomic E-state index is 13.6. The number of aromatic nitrogens is 1. The summed E-state index contributed by atoms with van der Waals surface area (Å²) in [6.07, 6.45) is 3.45. The van der Waals surface area contributed by atoms with E-state index >= 15 is 0 Å². The molecule has 174 valence electrons. The van der Waals surface area contributed by atoms with Crippen LogP contribution in [-0.2, 0) is 16.1 Å². The van der Waals surface area contributed by atoms with E-state index in [4.69, 9.17) is 9.47 Å². The second-order valence-corrected chi connectivity index (χ2v) is 7.93. The van der Waals surface area contributed by atoms with Gasteiger partial charge in [-0.15, -0.1) is 0 Å². The average molecular weight is 460 g/mol. The first-order valence-corrected chi connectivity index (χ1v) is 10.6. The van der Waals surface area contributed by atoms with Crippen molar-refractivity contribution in [1.82, 2.24) is 4.90 Å². The fourth-order valence-electron chi connectivity index (χ4n) is 4.14. The van der Waals surface area contributed by atoms with Crippen LogP contribution in [0.4, 0.5) is 0 Å². The number of Topliss-reactive ketones (excluding diaryl/α,β-unsaturated/α-hetero) is 1. The Morgan fingerprint density at radius 1 is 1.09 bits per heavy atom. The zero-order valence-electron chi connectivity index (χ0n) is 19.0. The van der Waals surface area contributed by atoms with Crippen LogP contribution in [0.1, 0.15) is 28.3 Å². The molecule has 1 amide bonds. The number of H-pyrrole nitrogens is 1. The number of benzene rings is 2. The lowest BCUT2D eigenvalue weighted by Crippen LogP contribution is -2.29. The first-order chi connectivity index (χ1) is 16.3. The van der Waals surface area contributed by atoms with E-state index in [0.717, 1.165) is 11.1 Å². The molecule has 1 saturated heterocycles. The van der Waals surface area contributed by atoms with Gasteiger partial charge in [0.15, 0.2) is 23.9 Å². The number of hydrogen-bond acceptors (Lipinski definition) is 6. The molecule has 0 saturated carbocycles. The number of ether oxygens (including phenoxy) is 2. The zero-order chi connectivity index (χ0) is 24.4. The Bertz CT molecular complexity index is 1290. The van der Waals surface area contributed by atoms with E-state index in [1.807, 2.05) is 6.07 Å². The zero-order valence-corrected chi connectivity index (χ0v) is 19.0. The molecule has 4 rings (SSSR count). The molecule has 2 heterocycles. The van der Waals surface area contributed by atoms with Gasteiger partial charge in [0, 0.05) is 17.2 Å². The Labute approximate surface area is 196 Å². The number of rotatable bonds is 6. The lowest BCUT2D eigenvalue weighted by atomic mass is 9.94. The fraction of sp³-hybridized carbons (Fsp3) is 0.192. The molecule has 2 N–H and O–H groups in total. The number of pyridine rings is 1. The van der Waals surface area contributed by atoms with Crippen LogP contribution in [0.5, 0.6) is 17.2 Å². The summed E-state index contributed by atoms with van der Waals surface area (Å²) < 4.78 is 10.5. The summed E-state index contributed by atoms with van der Waals surface area (Å²) >= 11 is 0. The minimum absolute atomic E-state index is 0.0928. The number of aromatic hydroxyl groups is 1. The van der Waals surface area contributed by atoms with Gasteiger partial charge in [-0.25, -0.2) is 4.98 Å². The van der Waals surface area contributed by atoms with Gasteiger partial charge in [-0.3, -0.25) is 9.59 Å². The molecule has 2 aromatic carbocycles. The van der Waals surface area contributed by atoms with Gasteiger partial charge in [-0.1, -0.05) is 17.9 Å². The Kier molecular flexibility index (Phi) is 6.23. The van der Waals surface area contributed by atoms with E-state index in [-0.39, 0.29) is 29.2 Å². The summed E-state index contributed by atoms with van der Waals surface area (Å²) in [7, 11) is 2.93. The van der Waals surface area contributed by atoms with Gasteiger partial charge in [-0.05, 0) is 53.9 Å². The van der Waals surface area contributed by atoms with E-state index in [1.54, 1.807) is 49.6 Å². The summed E-state index contributed by atoms with van der Waals surface area (Å²) in [5.74, 6) is -1.47. The highest BCUT2D eigenvalue weighted by Gasteiger charge is 2.44. The van der Waals surface area contributed by atoms with Crippen molar-refractivity contribution < 1.29 is 34.3 Å². The van der Waals surface area contributed by atoms with Gasteiger partial charge in [-0.2, -0.15) is 0 Å². The number of carbonyl (C=O) groups is 2. The van der Waals surface area contributed by atoms with Crippen LogP contribution in [0.25, 0.3) is 5.76 Å². The van der Waals surface area contributed by atoms with E-state index in [9.17, 15) is 19.8 Å². The van der Waals surface area contributed by atoms with Gasteiger partial charge < -0.3 is 24.6 Å². The van der Waals surface area contributed by atoms with Crippen molar-refractivity contribution >= 4 is 17.4 Å². The number of carbonyl (C=O) groups excluding carboxylic acids is 2.